The third kappa shape index (κ3) is 5.36. The Balaban J connectivity index is 1.96. The number of carbonyl (C=O) groups excluding carboxylic acids is 1. The fourth-order valence-corrected chi connectivity index (χ4v) is 1.94. The van der Waals surface area contributed by atoms with Crippen molar-refractivity contribution < 1.29 is 9.53 Å². The first-order chi connectivity index (χ1) is 11.2. The highest BCUT2D eigenvalue weighted by molar-refractivity contribution is 5.91. The fraction of sp³-hybridized carbons (Fsp3) is 0.105. The second kappa shape index (κ2) is 8.44. The van der Waals surface area contributed by atoms with Gasteiger partial charge >= 0.3 is 0 Å². The highest BCUT2D eigenvalue weighted by Crippen LogP contribution is 2.24. The van der Waals surface area contributed by atoms with Crippen molar-refractivity contribution in [2.45, 2.75) is 6.61 Å². The Kier molecular flexibility index (Phi) is 6.00. The van der Waals surface area contributed by atoms with Crippen molar-refractivity contribution in [3.63, 3.8) is 0 Å². The molecular weight excluding hydrogens is 288 g/mol. The van der Waals surface area contributed by atoms with Crippen LogP contribution in [0.5, 0.6) is 5.75 Å². The molecule has 0 unspecified atom stereocenters. The minimum atomic E-state index is -0.173. The van der Waals surface area contributed by atoms with Gasteiger partial charge in [-0.25, -0.2) is 0 Å². The summed E-state index contributed by atoms with van der Waals surface area (Å²) in [5, 5.41) is 2.67. The Bertz CT molecular complexity index is 694. The summed E-state index contributed by atoms with van der Waals surface area (Å²) in [6.45, 7) is 4.45. The molecule has 0 spiro atoms. The first kappa shape index (κ1) is 16.4. The lowest BCUT2D eigenvalue weighted by Gasteiger charge is -2.09. The Morgan fingerprint density at radius 2 is 2.00 bits per heavy atom. The Hall–Kier alpha value is -3.01. The van der Waals surface area contributed by atoms with Crippen LogP contribution in [-0.4, -0.2) is 12.5 Å². The number of nitrogen functional groups attached to an aromatic ring is 1. The number of anilines is 1. The number of hydrogen-bond donors (Lipinski definition) is 2. The summed E-state index contributed by atoms with van der Waals surface area (Å²) in [6, 6.07) is 15.3. The maximum atomic E-state index is 11.5. The predicted octanol–water partition coefficient (Wildman–Crippen LogP) is 3.16. The van der Waals surface area contributed by atoms with E-state index >= 15 is 0 Å². The molecule has 0 aromatic heterocycles. The van der Waals surface area contributed by atoms with Crippen LogP contribution in [0.1, 0.15) is 11.1 Å². The molecule has 0 aliphatic carbocycles. The van der Waals surface area contributed by atoms with Crippen molar-refractivity contribution in [3.05, 3.63) is 78.4 Å². The van der Waals surface area contributed by atoms with Crippen molar-refractivity contribution in [2.24, 2.45) is 0 Å². The van der Waals surface area contributed by atoms with Gasteiger partial charge in [-0.05, 0) is 29.3 Å². The molecule has 0 saturated heterocycles. The number of amides is 1. The van der Waals surface area contributed by atoms with Crippen molar-refractivity contribution in [3.8, 4) is 5.75 Å². The van der Waals surface area contributed by atoms with Crippen LogP contribution >= 0.6 is 0 Å². The summed E-state index contributed by atoms with van der Waals surface area (Å²) in [5.41, 5.74) is 8.45. The highest BCUT2D eigenvalue weighted by Gasteiger charge is 2.02. The molecule has 118 valence electrons. The predicted molar refractivity (Wildman–Crippen MR) is 93.9 cm³/mol. The summed E-state index contributed by atoms with van der Waals surface area (Å²) in [6.07, 6.45) is 4.79. The van der Waals surface area contributed by atoms with E-state index < -0.39 is 0 Å². The maximum absolute atomic E-state index is 11.5. The van der Waals surface area contributed by atoms with Crippen molar-refractivity contribution in [1.82, 2.24) is 5.32 Å². The van der Waals surface area contributed by atoms with Crippen LogP contribution in [0, 0.1) is 0 Å². The van der Waals surface area contributed by atoms with Gasteiger partial charge in [0.15, 0.2) is 0 Å². The molecule has 0 aliphatic heterocycles. The summed E-state index contributed by atoms with van der Waals surface area (Å²) >= 11 is 0. The SMILES string of the molecule is C=CCNC(=O)/C=C\c1ccc(OCc2ccccc2)c(N)c1. The van der Waals surface area contributed by atoms with Gasteiger partial charge in [0.2, 0.25) is 5.91 Å². The second-order valence-electron chi connectivity index (χ2n) is 4.94. The van der Waals surface area contributed by atoms with Crippen LogP contribution in [0.15, 0.2) is 67.3 Å². The van der Waals surface area contributed by atoms with E-state index in [0.717, 1.165) is 11.1 Å². The normalized spacial score (nSPS) is 10.4. The minimum Gasteiger partial charge on any atom is -0.487 e. The van der Waals surface area contributed by atoms with Gasteiger partial charge in [-0.3, -0.25) is 4.79 Å². The van der Waals surface area contributed by atoms with Crippen LogP contribution < -0.4 is 15.8 Å². The van der Waals surface area contributed by atoms with Gasteiger partial charge in [-0.2, -0.15) is 0 Å². The fourth-order valence-electron chi connectivity index (χ4n) is 1.94. The molecule has 0 aliphatic rings. The Morgan fingerprint density at radius 1 is 1.22 bits per heavy atom. The molecule has 0 heterocycles. The molecule has 0 saturated carbocycles. The first-order valence-electron chi connectivity index (χ1n) is 7.32. The number of nitrogens with one attached hydrogen (secondary N) is 1. The number of benzene rings is 2. The van der Waals surface area contributed by atoms with E-state index in [9.17, 15) is 4.79 Å². The van der Waals surface area contributed by atoms with E-state index in [1.807, 2.05) is 36.4 Å². The van der Waals surface area contributed by atoms with Gasteiger partial charge in [0.05, 0.1) is 5.69 Å². The summed E-state index contributed by atoms with van der Waals surface area (Å²) in [5.74, 6) is 0.454. The van der Waals surface area contributed by atoms with Gasteiger partial charge in [0.25, 0.3) is 0 Å². The zero-order chi connectivity index (χ0) is 16.5. The van der Waals surface area contributed by atoms with Crippen LogP contribution in [-0.2, 0) is 11.4 Å². The van der Waals surface area contributed by atoms with Crippen LogP contribution in [0.3, 0.4) is 0 Å². The molecule has 0 bridgehead atoms. The molecule has 4 heteroatoms. The average Bonchev–Trinajstić information content (AvgIpc) is 2.58. The molecule has 0 radical (unpaired) electrons. The van der Waals surface area contributed by atoms with Crippen molar-refractivity contribution in [1.29, 1.82) is 0 Å². The Morgan fingerprint density at radius 3 is 2.70 bits per heavy atom. The largest absolute Gasteiger partial charge is 0.487 e. The number of ether oxygens (including phenoxy) is 1. The molecule has 1 amide bonds. The van der Waals surface area contributed by atoms with Gasteiger partial charge in [0.1, 0.15) is 12.4 Å². The highest BCUT2D eigenvalue weighted by atomic mass is 16.5. The number of hydrogen-bond acceptors (Lipinski definition) is 3. The standard InChI is InChI=1S/C19H20N2O2/c1-2-12-21-19(22)11-9-15-8-10-18(17(20)13-15)23-14-16-6-4-3-5-7-16/h2-11,13H,1,12,14,20H2,(H,21,22)/b11-9-. The van der Waals surface area contributed by atoms with E-state index in [1.165, 1.54) is 6.08 Å². The monoisotopic (exact) mass is 308 g/mol. The van der Waals surface area contributed by atoms with E-state index in [1.54, 1.807) is 24.3 Å². The zero-order valence-electron chi connectivity index (χ0n) is 12.9. The lowest BCUT2D eigenvalue weighted by Crippen LogP contribution is -2.20. The summed E-state index contributed by atoms with van der Waals surface area (Å²) in [7, 11) is 0. The molecule has 23 heavy (non-hydrogen) atoms. The average molecular weight is 308 g/mol. The smallest absolute Gasteiger partial charge is 0.244 e. The topological polar surface area (TPSA) is 64.3 Å². The molecule has 2 aromatic carbocycles. The summed E-state index contributed by atoms with van der Waals surface area (Å²) < 4.78 is 5.72. The lowest BCUT2D eigenvalue weighted by molar-refractivity contribution is -0.116. The van der Waals surface area contributed by atoms with Gasteiger partial charge in [-0.15, -0.1) is 6.58 Å². The van der Waals surface area contributed by atoms with E-state index in [0.29, 0.717) is 24.6 Å². The van der Waals surface area contributed by atoms with Gasteiger partial charge in [-0.1, -0.05) is 42.5 Å². The van der Waals surface area contributed by atoms with Gasteiger partial charge in [0, 0.05) is 12.6 Å². The van der Waals surface area contributed by atoms with Crippen LogP contribution in [0.25, 0.3) is 6.08 Å². The van der Waals surface area contributed by atoms with Crippen LogP contribution in [0.2, 0.25) is 0 Å². The third-order valence-electron chi connectivity index (χ3n) is 3.12. The van der Waals surface area contributed by atoms with Crippen molar-refractivity contribution >= 4 is 17.7 Å². The maximum Gasteiger partial charge on any atom is 0.244 e. The quantitative estimate of drug-likeness (QED) is 0.469. The number of rotatable bonds is 7. The second-order valence-corrected chi connectivity index (χ2v) is 4.94. The molecular formula is C19H20N2O2. The molecule has 3 N–H and O–H groups in total. The number of nitrogens with two attached hydrogens (primary N) is 1. The molecule has 0 atom stereocenters. The number of carbonyl (C=O) groups is 1. The summed E-state index contributed by atoms with van der Waals surface area (Å²) in [4.78, 5) is 11.5. The third-order valence-corrected chi connectivity index (χ3v) is 3.12. The molecule has 2 rings (SSSR count). The molecule has 2 aromatic rings. The minimum absolute atomic E-state index is 0.173. The van der Waals surface area contributed by atoms with E-state index in [2.05, 4.69) is 11.9 Å². The van der Waals surface area contributed by atoms with Crippen LogP contribution in [0.4, 0.5) is 5.69 Å². The van der Waals surface area contributed by atoms with E-state index in [-0.39, 0.29) is 5.91 Å². The lowest BCUT2D eigenvalue weighted by atomic mass is 10.1. The zero-order valence-corrected chi connectivity index (χ0v) is 12.9. The molecule has 0 fully saturated rings. The Labute approximate surface area is 136 Å². The molecule has 4 nitrogen and oxygen atoms in total. The van der Waals surface area contributed by atoms with E-state index in [4.69, 9.17) is 10.5 Å². The van der Waals surface area contributed by atoms with Gasteiger partial charge < -0.3 is 15.8 Å². The van der Waals surface area contributed by atoms with Crippen molar-refractivity contribution in [2.75, 3.05) is 12.3 Å². The first-order valence-corrected chi connectivity index (χ1v) is 7.32.